The highest BCUT2D eigenvalue weighted by Gasteiger charge is 2.73. The fraction of sp³-hybridized carbons (Fsp3) is 0.583. The van der Waals surface area contributed by atoms with E-state index in [9.17, 15) is 14.4 Å². The molecule has 0 atom stereocenters. The number of carbonyl (C=O) groups is 3. The van der Waals surface area contributed by atoms with E-state index in [-0.39, 0.29) is 40.8 Å². The minimum Gasteiger partial charge on any atom is -0.345 e. The molecule has 7 rings (SSSR count). The van der Waals surface area contributed by atoms with Crippen LogP contribution in [0.15, 0.2) is 35.4 Å². The highest BCUT2D eigenvalue weighted by Crippen LogP contribution is 2.68. The van der Waals surface area contributed by atoms with Gasteiger partial charge in [-0.15, -0.1) is 0 Å². The second kappa shape index (κ2) is 6.88. The van der Waals surface area contributed by atoms with Gasteiger partial charge in [0.05, 0.1) is 11.8 Å². The zero-order valence-corrected chi connectivity index (χ0v) is 18.2. The van der Waals surface area contributed by atoms with Gasteiger partial charge in [0.2, 0.25) is 11.8 Å². The van der Waals surface area contributed by atoms with Gasteiger partial charge in [0.15, 0.2) is 0 Å². The molecule has 3 heterocycles. The van der Waals surface area contributed by atoms with Gasteiger partial charge in [-0.25, -0.2) is 5.43 Å². The van der Waals surface area contributed by atoms with E-state index in [1.807, 2.05) is 0 Å². The van der Waals surface area contributed by atoms with Crippen LogP contribution in [0, 0.1) is 10.8 Å². The molecule has 6 aliphatic rings. The zero-order chi connectivity index (χ0) is 22.0. The number of hydrazone groups is 1. The summed E-state index contributed by atoms with van der Waals surface area (Å²) < 4.78 is 0. The van der Waals surface area contributed by atoms with Gasteiger partial charge < -0.3 is 10.2 Å². The van der Waals surface area contributed by atoms with Crippen molar-refractivity contribution < 1.29 is 14.4 Å². The minimum atomic E-state index is -0.283. The van der Waals surface area contributed by atoms with Crippen LogP contribution < -0.4 is 10.7 Å². The average molecular weight is 436 g/mol. The molecule has 8 heteroatoms. The molecular weight excluding hydrogens is 406 g/mol. The molecule has 3 saturated carbocycles. The van der Waals surface area contributed by atoms with Crippen LogP contribution in [0.3, 0.4) is 0 Å². The summed E-state index contributed by atoms with van der Waals surface area (Å²) in [5.74, 6) is -0.259. The van der Waals surface area contributed by atoms with E-state index in [0.29, 0.717) is 24.7 Å². The number of piperidine rings is 1. The molecule has 2 N–H and O–H groups in total. The van der Waals surface area contributed by atoms with Crippen molar-refractivity contribution in [3.63, 3.8) is 0 Å². The van der Waals surface area contributed by atoms with Crippen LogP contribution in [-0.4, -0.2) is 65.0 Å². The van der Waals surface area contributed by atoms with Crippen molar-refractivity contribution in [3.05, 3.63) is 35.9 Å². The summed E-state index contributed by atoms with van der Waals surface area (Å²) in [6, 6.07) is 10.6. The van der Waals surface area contributed by atoms with Crippen LogP contribution in [-0.2, 0) is 20.9 Å². The first-order chi connectivity index (χ1) is 15.4. The Morgan fingerprint density at radius 1 is 1.06 bits per heavy atom. The molecule has 0 aromatic heterocycles. The van der Waals surface area contributed by atoms with Crippen molar-refractivity contribution >= 4 is 23.4 Å². The number of benzene rings is 1. The fourth-order valence-corrected chi connectivity index (χ4v) is 6.64. The lowest BCUT2D eigenvalue weighted by molar-refractivity contribution is -0.195. The second-order valence-corrected chi connectivity index (χ2v) is 10.7. The molecule has 32 heavy (non-hydrogen) atoms. The highest BCUT2D eigenvalue weighted by atomic mass is 16.2. The lowest BCUT2D eigenvalue weighted by Crippen LogP contribution is -2.79. The van der Waals surface area contributed by atoms with Crippen LogP contribution in [0.25, 0.3) is 0 Å². The number of likely N-dealkylation sites (tertiary alicyclic amines) is 2. The Labute approximate surface area is 187 Å². The monoisotopic (exact) mass is 435 g/mol. The maximum atomic E-state index is 13.2. The lowest BCUT2D eigenvalue weighted by Gasteiger charge is -2.70. The molecule has 3 amide bonds. The molecule has 3 aliphatic heterocycles. The van der Waals surface area contributed by atoms with Gasteiger partial charge in [0.25, 0.3) is 5.91 Å². The molecule has 1 aromatic carbocycles. The molecule has 5 fully saturated rings. The standard InChI is InChI=1S/C24H29N5O3/c30-19-10-18(26-27-19)20(31)25-24-12-23(13-24,14-24)21(32)29-8-6-22(7-9-29)15-28(16-22)11-17-4-2-1-3-5-17/h1-5H,6-16H2,(H,25,31)(H,27,30). The number of hydrogen-bond donors (Lipinski definition) is 2. The molecule has 2 bridgehead atoms. The van der Waals surface area contributed by atoms with E-state index in [0.717, 1.165) is 45.6 Å². The van der Waals surface area contributed by atoms with Gasteiger partial charge in [0.1, 0.15) is 5.71 Å². The number of nitrogens with zero attached hydrogens (tertiary/aromatic N) is 3. The molecule has 3 aliphatic carbocycles. The van der Waals surface area contributed by atoms with Gasteiger partial charge in [-0.1, -0.05) is 30.3 Å². The number of nitrogens with one attached hydrogen (secondary N) is 2. The molecular formula is C24H29N5O3. The quantitative estimate of drug-likeness (QED) is 0.722. The normalized spacial score (nSPS) is 32.3. The van der Waals surface area contributed by atoms with Crippen molar-refractivity contribution in [1.82, 2.24) is 20.5 Å². The Kier molecular flexibility index (Phi) is 4.28. The van der Waals surface area contributed by atoms with Gasteiger partial charge in [-0.05, 0) is 43.1 Å². The summed E-state index contributed by atoms with van der Waals surface area (Å²) in [7, 11) is 0. The third kappa shape index (κ3) is 3.15. The van der Waals surface area contributed by atoms with Crippen molar-refractivity contribution in [2.45, 2.75) is 50.6 Å². The van der Waals surface area contributed by atoms with Crippen LogP contribution in [0.1, 0.15) is 44.1 Å². The zero-order valence-electron chi connectivity index (χ0n) is 18.2. The minimum absolute atomic E-state index is 0.0320. The molecule has 0 radical (unpaired) electrons. The summed E-state index contributed by atoms with van der Waals surface area (Å²) in [6.45, 7) is 4.98. The van der Waals surface area contributed by atoms with E-state index >= 15 is 0 Å². The van der Waals surface area contributed by atoms with Gasteiger partial charge in [-0.2, -0.15) is 5.10 Å². The molecule has 0 unspecified atom stereocenters. The molecule has 168 valence electrons. The van der Waals surface area contributed by atoms with Crippen LogP contribution in [0.2, 0.25) is 0 Å². The van der Waals surface area contributed by atoms with E-state index in [2.05, 4.69) is 56.0 Å². The van der Waals surface area contributed by atoms with E-state index in [1.165, 1.54) is 5.56 Å². The SMILES string of the molecule is O=C1CC(C(=O)NC23CC(C(=O)N4CCC5(CC4)CN(Cc4ccccc4)C5)(C2)C3)=NN1. The first kappa shape index (κ1) is 19.9. The first-order valence-electron chi connectivity index (χ1n) is 11.6. The number of amides is 3. The Balaban J connectivity index is 0.964. The molecule has 2 saturated heterocycles. The van der Waals surface area contributed by atoms with Gasteiger partial charge in [0, 0.05) is 38.3 Å². The van der Waals surface area contributed by atoms with Gasteiger partial charge >= 0.3 is 0 Å². The van der Waals surface area contributed by atoms with E-state index in [4.69, 9.17) is 0 Å². The van der Waals surface area contributed by atoms with Crippen LogP contribution >= 0.6 is 0 Å². The summed E-state index contributed by atoms with van der Waals surface area (Å²) >= 11 is 0. The summed E-state index contributed by atoms with van der Waals surface area (Å²) in [5, 5.41) is 6.81. The first-order valence-corrected chi connectivity index (χ1v) is 11.6. The molecule has 1 spiro atoms. The Bertz CT molecular complexity index is 984. The second-order valence-electron chi connectivity index (χ2n) is 10.7. The number of rotatable bonds is 5. The van der Waals surface area contributed by atoms with Crippen LogP contribution in [0.5, 0.6) is 0 Å². The van der Waals surface area contributed by atoms with E-state index in [1.54, 1.807) is 0 Å². The average Bonchev–Trinajstić information content (AvgIpc) is 3.16. The molecule has 8 nitrogen and oxygen atoms in total. The third-order valence-corrected chi connectivity index (χ3v) is 8.25. The largest absolute Gasteiger partial charge is 0.345 e. The van der Waals surface area contributed by atoms with Crippen LogP contribution in [0.4, 0.5) is 0 Å². The van der Waals surface area contributed by atoms with E-state index < -0.39 is 0 Å². The van der Waals surface area contributed by atoms with Crippen molar-refractivity contribution in [1.29, 1.82) is 0 Å². The summed E-state index contributed by atoms with van der Waals surface area (Å²) in [5.41, 5.74) is 3.74. The predicted molar refractivity (Wildman–Crippen MR) is 117 cm³/mol. The Morgan fingerprint density at radius 3 is 2.38 bits per heavy atom. The Hall–Kier alpha value is -2.74. The number of hydrogen-bond acceptors (Lipinski definition) is 5. The third-order valence-electron chi connectivity index (χ3n) is 8.25. The maximum absolute atomic E-state index is 13.2. The van der Waals surface area contributed by atoms with Crippen molar-refractivity contribution in [3.8, 4) is 0 Å². The topological polar surface area (TPSA) is 94.1 Å². The summed E-state index contributed by atoms with van der Waals surface area (Å²) in [4.78, 5) is 41.4. The fourth-order valence-electron chi connectivity index (χ4n) is 6.64. The summed E-state index contributed by atoms with van der Waals surface area (Å²) in [6.07, 6.45) is 4.35. The predicted octanol–water partition coefficient (Wildman–Crippen LogP) is 1.03. The molecule has 1 aromatic rings. The maximum Gasteiger partial charge on any atom is 0.268 e. The number of carbonyl (C=O) groups excluding carboxylic acids is 3. The van der Waals surface area contributed by atoms with Gasteiger partial charge in [-0.3, -0.25) is 19.3 Å². The lowest BCUT2D eigenvalue weighted by atomic mass is 9.38. The van der Waals surface area contributed by atoms with Crippen molar-refractivity contribution in [2.24, 2.45) is 15.9 Å². The highest BCUT2D eigenvalue weighted by molar-refractivity contribution is 6.43. The van der Waals surface area contributed by atoms with Crippen molar-refractivity contribution in [2.75, 3.05) is 26.2 Å². The smallest absolute Gasteiger partial charge is 0.268 e. The Morgan fingerprint density at radius 2 is 1.75 bits per heavy atom.